The van der Waals surface area contributed by atoms with Gasteiger partial charge in [0, 0.05) is 11.1 Å². The molecule has 0 saturated carbocycles. The monoisotopic (exact) mass is 305 g/mol. The van der Waals surface area contributed by atoms with Crippen molar-refractivity contribution in [3.05, 3.63) is 70.2 Å². The lowest BCUT2D eigenvalue weighted by atomic mass is 10.2. The number of rotatable bonds is 2. The Hall–Kier alpha value is -2.38. The molecule has 0 radical (unpaired) electrons. The van der Waals surface area contributed by atoms with E-state index in [1.54, 1.807) is 24.3 Å². The third-order valence-corrected chi connectivity index (χ3v) is 2.95. The molecule has 2 rings (SSSR count). The van der Waals surface area contributed by atoms with E-state index in [1.165, 1.54) is 6.07 Å². The summed E-state index contributed by atoms with van der Waals surface area (Å²) in [6.45, 7) is 0.0725. The molecule has 2 nitrogen and oxygen atoms in total. The topological polar surface area (TPSA) is 29.1 Å². The molecule has 2 aromatic rings. The van der Waals surface area contributed by atoms with Crippen molar-refractivity contribution in [1.82, 2.24) is 5.32 Å². The van der Waals surface area contributed by atoms with Gasteiger partial charge in [0.05, 0.1) is 11.6 Å². The quantitative estimate of drug-likeness (QED) is 0.847. The van der Waals surface area contributed by atoms with Gasteiger partial charge in [0.2, 0.25) is 0 Å². The number of amides is 1. The molecule has 21 heavy (non-hydrogen) atoms. The zero-order valence-electron chi connectivity index (χ0n) is 10.8. The van der Waals surface area contributed by atoms with Gasteiger partial charge < -0.3 is 5.32 Å². The summed E-state index contributed by atoms with van der Waals surface area (Å²) in [5.74, 6) is 2.96. The summed E-state index contributed by atoms with van der Waals surface area (Å²) < 4.78 is 25.7. The van der Waals surface area contributed by atoms with Gasteiger partial charge >= 0.3 is 0 Å². The Kier molecular flexibility index (Phi) is 4.91. The largest absolute Gasteiger partial charge is 0.341 e. The van der Waals surface area contributed by atoms with Crippen LogP contribution in [0.3, 0.4) is 0 Å². The smallest absolute Gasteiger partial charge is 0.252 e. The number of benzene rings is 2. The van der Waals surface area contributed by atoms with Crippen LogP contribution >= 0.6 is 11.6 Å². The molecule has 0 spiro atoms. The first-order valence-corrected chi connectivity index (χ1v) is 6.42. The first-order chi connectivity index (χ1) is 10.1. The molecule has 0 saturated heterocycles. The summed E-state index contributed by atoms with van der Waals surface area (Å²) >= 11 is 5.93. The second kappa shape index (κ2) is 6.87. The standard InChI is InChI=1S/C16H10ClF2NO/c17-13-6-2-1-4-11(13)5-3-9-20-16(21)12-7-8-14(18)15(19)10-12/h1-2,4,6-8,10H,9H2,(H,20,21). The number of hydrogen-bond donors (Lipinski definition) is 1. The first kappa shape index (κ1) is 15.0. The van der Waals surface area contributed by atoms with E-state index in [0.29, 0.717) is 10.6 Å². The lowest BCUT2D eigenvalue weighted by molar-refractivity contribution is 0.0958. The highest BCUT2D eigenvalue weighted by molar-refractivity contribution is 6.31. The molecular weight excluding hydrogens is 296 g/mol. The van der Waals surface area contributed by atoms with E-state index < -0.39 is 17.5 Å². The van der Waals surface area contributed by atoms with Gasteiger partial charge in [0.1, 0.15) is 0 Å². The molecule has 106 valence electrons. The van der Waals surface area contributed by atoms with Crippen molar-refractivity contribution in [3.63, 3.8) is 0 Å². The van der Waals surface area contributed by atoms with E-state index >= 15 is 0 Å². The zero-order valence-corrected chi connectivity index (χ0v) is 11.5. The normalized spacial score (nSPS) is 9.67. The number of hydrogen-bond acceptors (Lipinski definition) is 1. The van der Waals surface area contributed by atoms with Crippen LogP contribution in [-0.2, 0) is 0 Å². The fraction of sp³-hybridized carbons (Fsp3) is 0.0625. The molecule has 0 aliphatic rings. The van der Waals surface area contributed by atoms with Gasteiger partial charge in [-0.2, -0.15) is 0 Å². The highest BCUT2D eigenvalue weighted by atomic mass is 35.5. The number of nitrogens with one attached hydrogen (secondary N) is 1. The van der Waals surface area contributed by atoms with Crippen molar-refractivity contribution < 1.29 is 13.6 Å². The average molecular weight is 306 g/mol. The lowest BCUT2D eigenvalue weighted by Gasteiger charge is -2.01. The second-order valence-corrected chi connectivity index (χ2v) is 4.50. The minimum Gasteiger partial charge on any atom is -0.341 e. The van der Waals surface area contributed by atoms with Crippen molar-refractivity contribution >= 4 is 17.5 Å². The Labute approximate surface area is 125 Å². The van der Waals surface area contributed by atoms with Gasteiger partial charge in [0.25, 0.3) is 5.91 Å². The van der Waals surface area contributed by atoms with Gasteiger partial charge in [-0.05, 0) is 30.3 Å². The highest BCUT2D eigenvalue weighted by Gasteiger charge is 2.08. The van der Waals surface area contributed by atoms with Crippen LogP contribution in [-0.4, -0.2) is 12.5 Å². The molecule has 0 unspecified atom stereocenters. The third-order valence-electron chi connectivity index (χ3n) is 2.62. The van der Waals surface area contributed by atoms with Crippen LogP contribution in [0.1, 0.15) is 15.9 Å². The van der Waals surface area contributed by atoms with Crippen molar-refractivity contribution in [2.75, 3.05) is 6.54 Å². The minimum atomic E-state index is -1.06. The summed E-state index contributed by atoms with van der Waals surface area (Å²) in [6.07, 6.45) is 0. The molecule has 0 atom stereocenters. The Morgan fingerprint density at radius 2 is 1.90 bits per heavy atom. The van der Waals surface area contributed by atoms with E-state index in [0.717, 1.165) is 12.1 Å². The fourth-order valence-corrected chi connectivity index (χ4v) is 1.75. The Bertz CT molecular complexity index is 735. The second-order valence-electron chi connectivity index (χ2n) is 4.09. The lowest BCUT2D eigenvalue weighted by Crippen LogP contribution is -2.23. The molecule has 0 fully saturated rings. The van der Waals surface area contributed by atoms with E-state index in [1.807, 2.05) is 0 Å². The van der Waals surface area contributed by atoms with Gasteiger partial charge in [0.15, 0.2) is 11.6 Å². The molecule has 0 aromatic heterocycles. The van der Waals surface area contributed by atoms with Crippen molar-refractivity contribution in [3.8, 4) is 11.8 Å². The maximum atomic E-state index is 13.0. The van der Waals surface area contributed by atoms with Crippen LogP contribution < -0.4 is 5.32 Å². The van der Waals surface area contributed by atoms with Crippen LogP contribution in [0.15, 0.2) is 42.5 Å². The summed E-state index contributed by atoms with van der Waals surface area (Å²) in [4.78, 5) is 11.7. The molecule has 0 heterocycles. The van der Waals surface area contributed by atoms with Gasteiger partial charge in [-0.1, -0.05) is 35.6 Å². The summed E-state index contributed by atoms with van der Waals surface area (Å²) in [7, 11) is 0. The molecule has 0 bridgehead atoms. The molecule has 1 amide bonds. The Morgan fingerprint density at radius 3 is 2.62 bits per heavy atom. The molecule has 0 aliphatic heterocycles. The van der Waals surface area contributed by atoms with Crippen molar-refractivity contribution in [2.24, 2.45) is 0 Å². The minimum absolute atomic E-state index is 0.0356. The average Bonchev–Trinajstić information content (AvgIpc) is 2.48. The van der Waals surface area contributed by atoms with E-state index in [9.17, 15) is 13.6 Å². The van der Waals surface area contributed by atoms with Crippen LogP contribution in [0.5, 0.6) is 0 Å². The van der Waals surface area contributed by atoms with Crippen molar-refractivity contribution in [2.45, 2.75) is 0 Å². The molecule has 0 aliphatic carbocycles. The predicted molar refractivity (Wildman–Crippen MR) is 77.0 cm³/mol. The van der Waals surface area contributed by atoms with Crippen LogP contribution in [0.2, 0.25) is 5.02 Å². The highest BCUT2D eigenvalue weighted by Crippen LogP contribution is 2.12. The van der Waals surface area contributed by atoms with Gasteiger partial charge in [-0.3, -0.25) is 4.79 Å². The number of carbonyl (C=O) groups excluding carboxylic acids is 1. The fourth-order valence-electron chi connectivity index (χ4n) is 1.57. The number of carbonyl (C=O) groups is 1. The van der Waals surface area contributed by atoms with Crippen LogP contribution in [0.25, 0.3) is 0 Å². The summed E-state index contributed by atoms with van der Waals surface area (Å²) in [5.41, 5.74) is 0.690. The zero-order chi connectivity index (χ0) is 15.2. The Balaban J connectivity index is 1.96. The molecule has 5 heteroatoms. The SMILES string of the molecule is O=C(NCC#Cc1ccccc1Cl)c1ccc(F)c(F)c1. The maximum absolute atomic E-state index is 13.0. The van der Waals surface area contributed by atoms with Gasteiger partial charge in [-0.15, -0.1) is 0 Å². The molecular formula is C16H10ClF2NO. The van der Waals surface area contributed by atoms with Crippen molar-refractivity contribution in [1.29, 1.82) is 0 Å². The van der Waals surface area contributed by atoms with Crippen LogP contribution in [0.4, 0.5) is 8.78 Å². The maximum Gasteiger partial charge on any atom is 0.252 e. The van der Waals surface area contributed by atoms with Crippen LogP contribution in [0, 0.1) is 23.5 Å². The summed E-state index contributed by atoms with van der Waals surface area (Å²) in [6, 6.07) is 10.0. The third kappa shape index (κ3) is 4.04. The summed E-state index contributed by atoms with van der Waals surface area (Å²) in [5, 5.41) is 3.02. The molecule has 2 aromatic carbocycles. The van der Waals surface area contributed by atoms with E-state index in [-0.39, 0.29) is 12.1 Å². The van der Waals surface area contributed by atoms with E-state index in [4.69, 9.17) is 11.6 Å². The molecule has 1 N–H and O–H groups in total. The van der Waals surface area contributed by atoms with Gasteiger partial charge in [-0.25, -0.2) is 8.78 Å². The predicted octanol–water partition coefficient (Wildman–Crippen LogP) is 3.40. The van der Waals surface area contributed by atoms with E-state index in [2.05, 4.69) is 17.2 Å². The first-order valence-electron chi connectivity index (χ1n) is 6.04. The number of halogens is 3. The Morgan fingerprint density at radius 1 is 1.14 bits per heavy atom.